The van der Waals surface area contributed by atoms with Gasteiger partial charge in [-0.3, -0.25) is 9.59 Å². The summed E-state index contributed by atoms with van der Waals surface area (Å²) >= 11 is 0. The van der Waals surface area contributed by atoms with Gasteiger partial charge in [-0.1, -0.05) is 24.6 Å². The second-order valence-corrected chi connectivity index (χ2v) is 6.63. The van der Waals surface area contributed by atoms with Crippen LogP contribution in [0.3, 0.4) is 0 Å². The van der Waals surface area contributed by atoms with Crippen molar-refractivity contribution in [1.29, 1.82) is 0 Å². The van der Waals surface area contributed by atoms with E-state index < -0.39 is 17.6 Å². The van der Waals surface area contributed by atoms with Crippen molar-refractivity contribution in [2.45, 2.75) is 44.2 Å². The second-order valence-electron chi connectivity index (χ2n) is 6.63. The van der Waals surface area contributed by atoms with Gasteiger partial charge in [0.05, 0.1) is 6.61 Å². The molecule has 1 aromatic rings. The van der Waals surface area contributed by atoms with Crippen LogP contribution in [0, 0.1) is 11.8 Å². The third kappa shape index (κ3) is 2.06. The molecule has 4 rings (SSSR count). The van der Waals surface area contributed by atoms with Crippen molar-refractivity contribution in [2.24, 2.45) is 11.8 Å². The van der Waals surface area contributed by atoms with E-state index in [1.807, 2.05) is 24.3 Å². The molecule has 1 amide bonds. The number of amides is 1. The molecule has 1 saturated heterocycles. The summed E-state index contributed by atoms with van der Waals surface area (Å²) < 4.78 is 11.5. The van der Waals surface area contributed by atoms with Crippen molar-refractivity contribution in [3.8, 4) is 5.75 Å². The third-order valence-corrected chi connectivity index (χ3v) is 5.43. The lowest BCUT2D eigenvalue weighted by molar-refractivity contribution is -0.171. The Bertz CT molecular complexity index is 658. The number of carbonyl (C=O) groups excluding carboxylic acids is 2. The number of rotatable bonds is 2. The molecule has 5 heteroatoms. The number of nitrogens with one attached hydrogen (secondary N) is 1. The van der Waals surface area contributed by atoms with Crippen LogP contribution in [0.5, 0.6) is 5.75 Å². The zero-order valence-corrected chi connectivity index (χ0v) is 13.2. The number of hydrogen-bond acceptors (Lipinski definition) is 4. The van der Waals surface area contributed by atoms with E-state index in [-0.39, 0.29) is 24.3 Å². The molecular weight excluding hydrogens is 294 g/mol. The fraction of sp³-hybridized carbons (Fsp3) is 0.556. The summed E-state index contributed by atoms with van der Waals surface area (Å²) in [6.45, 7) is 2.05. The van der Waals surface area contributed by atoms with E-state index in [9.17, 15) is 9.59 Å². The molecule has 1 aromatic carbocycles. The average Bonchev–Trinajstić information content (AvgIpc) is 2.54. The summed E-state index contributed by atoms with van der Waals surface area (Å²) in [7, 11) is 0. The Balaban J connectivity index is 1.85. The molecular formula is C18H21NO4. The maximum atomic E-state index is 12.7. The lowest BCUT2D eigenvalue weighted by Gasteiger charge is -2.55. The number of hydrogen-bond donors (Lipinski definition) is 1. The third-order valence-electron chi connectivity index (χ3n) is 5.43. The molecule has 2 fully saturated rings. The van der Waals surface area contributed by atoms with Gasteiger partial charge in [-0.2, -0.15) is 0 Å². The number of carbonyl (C=O) groups is 2. The van der Waals surface area contributed by atoms with Crippen LogP contribution in [0.4, 0.5) is 0 Å². The van der Waals surface area contributed by atoms with Gasteiger partial charge in [-0.05, 0) is 31.4 Å². The fourth-order valence-electron chi connectivity index (χ4n) is 4.56. The molecule has 2 heterocycles. The van der Waals surface area contributed by atoms with Crippen molar-refractivity contribution < 1.29 is 19.1 Å². The molecule has 4 atom stereocenters. The standard InChI is InChI=1S/C18H21NO4/c1-2-22-17(21)15-14-11-7-3-4-9-13(11)23-18(19-16(15)20)10-6-5-8-12(14)18/h3-4,7,9,12,14-15H,2,5-6,8,10H2,1H3,(H,19,20)/t12-,14-,15-,18+/m1/s1. The van der Waals surface area contributed by atoms with Crippen molar-refractivity contribution in [1.82, 2.24) is 5.32 Å². The molecule has 0 aromatic heterocycles. The highest BCUT2D eigenvalue weighted by Crippen LogP contribution is 2.55. The zero-order chi connectivity index (χ0) is 16.0. The number of ether oxygens (including phenoxy) is 2. The monoisotopic (exact) mass is 315 g/mol. The smallest absolute Gasteiger partial charge is 0.319 e. The number of para-hydroxylation sites is 1. The molecule has 5 nitrogen and oxygen atoms in total. The minimum absolute atomic E-state index is 0.123. The minimum Gasteiger partial charge on any atom is -0.467 e. The highest BCUT2D eigenvalue weighted by atomic mass is 16.5. The van der Waals surface area contributed by atoms with E-state index in [0.29, 0.717) is 0 Å². The fourth-order valence-corrected chi connectivity index (χ4v) is 4.56. The van der Waals surface area contributed by atoms with Crippen LogP contribution in [-0.4, -0.2) is 24.2 Å². The van der Waals surface area contributed by atoms with E-state index in [2.05, 4.69) is 5.32 Å². The maximum Gasteiger partial charge on any atom is 0.319 e. The Morgan fingerprint density at radius 3 is 3.04 bits per heavy atom. The Kier molecular flexibility index (Phi) is 3.32. The number of benzene rings is 1. The molecule has 23 heavy (non-hydrogen) atoms. The van der Waals surface area contributed by atoms with Crippen molar-refractivity contribution in [3.63, 3.8) is 0 Å². The molecule has 1 aliphatic carbocycles. The van der Waals surface area contributed by atoms with Gasteiger partial charge in [-0.25, -0.2) is 0 Å². The Labute approximate surface area is 135 Å². The van der Waals surface area contributed by atoms with E-state index in [4.69, 9.17) is 9.47 Å². The molecule has 122 valence electrons. The van der Waals surface area contributed by atoms with Gasteiger partial charge in [0, 0.05) is 18.3 Å². The normalized spacial score (nSPS) is 34.5. The van der Waals surface area contributed by atoms with E-state index >= 15 is 0 Å². The summed E-state index contributed by atoms with van der Waals surface area (Å²) in [5.41, 5.74) is 0.306. The molecule has 1 saturated carbocycles. The van der Waals surface area contributed by atoms with Crippen LogP contribution >= 0.6 is 0 Å². The van der Waals surface area contributed by atoms with Crippen LogP contribution in [0.2, 0.25) is 0 Å². The summed E-state index contributed by atoms with van der Waals surface area (Å²) in [5, 5.41) is 3.03. The average molecular weight is 315 g/mol. The van der Waals surface area contributed by atoms with Crippen LogP contribution in [0.25, 0.3) is 0 Å². The highest BCUT2D eigenvalue weighted by molar-refractivity contribution is 6.00. The molecule has 0 spiro atoms. The first kappa shape index (κ1) is 14.5. The van der Waals surface area contributed by atoms with E-state index in [1.165, 1.54) is 0 Å². The zero-order valence-electron chi connectivity index (χ0n) is 13.2. The second kappa shape index (κ2) is 5.25. The summed E-state index contributed by atoms with van der Waals surface area (Å²) in [6, 6.07) is 7.76. The van der Waals surface area contributed by atoms with Crippen LogP contribution < -0.4 is 10.1 Å². The number of piperidine rings is 1. The van der Waals surface area contributed by atoms with E-state index in [0.717, 1.165) is 37.0 Å². The molecule has 2 aliphatic heterocycles. The molecule has 2 bridgehead atoms. The van der Waals surface area contributed by atoms with Gasteiger partial charge in [-0.15, -0.1) is 0 Å². The number of esters is 1. The van der Waals surface area contributed by atoms with Gasteiger partial charge in [0.15, 0.2) is 5.72 Å². The molecule has 1 N–H and O–H groups in total. The molecule has 3 aliphatic rings. The van der Waals surface area contributed by atoms with Crippen LogP contribution in [0.15, 0.2) is 24.3 Å². The van der Waals surface area contributed by atoms with Gasteiger partial charge in [0.2, 0.25) is 5.91 Å². The first-order valence-electron chi connectivity index (χ1n) is 8.43. The highest BCUT2D eigenvalue weighted by Gasteiger charge is 2.61. The largest absolute Gasteiger partial charge is 0.467 e. The van der Waals surface area contributed by atoms with Crippen molar-refractivity contribution in [3.05, 3.63) is 29.8 Å². The minimum atomic E-state index is -0.781. The Hall–Kier alpha value is -2.04. The summed E-state index contributed by atoms with van der Waals surface area (Å²) in [4.78, 5) is 25.2. The molecule has 0 unspecified atom stereocenters. The number of fused-ring (bicyclic) bond motifs is 2. The van der Waals surface area contributed by atoms with Gasteiger partial charge in [0.25, 0.3) is 0 Å². The van der Waals surface area contributed by atoms with E-state index in [1.54, 1.807) is 6.92 Å². The quantitative estimate of drug-likeness (QED) is 0.672. The predicted octanol–water partition coefficient (Wildman–Crippen LogP) is 2.36. The first-order chi connectivity index (χ1) is 11.2. The van der Waals surface area contributed by atoms with Crippen molar-refractivity contribution >= 4 is 11.9 Å². The van der Waals surface area contributed by atoms with Gasteiger partial charge in [0.1, 0.15) is 11.7 Å². The summed E-state index contributed by atoms with van der Waals surface area (Å²) in [5.74, 6) is -0.723. The lowest BCUT2D eigenvalue weighted by Crippen LogP contribution is -2.69. The van der Waals surface area contributed by atoms with Gasteiger partial charge < -0.3 is 14.8 Å². The Morgan fingerprint density at radius 1 is 1.39 bits per heavy atom. The molecule has 0 radical (unpaired) electrons. The lowest BCUT2D eigenvalue weighted by atomic mass is 9.62. The predicted molar refractivity (Wildman–Crippen MR) is 82.8 cm³/mol. The van der Waals surface area contributed by atoms with Crippen LogP contribution in [0.1, 0.15) is 44.1 Å². The Morgan fingerprint density at radius 2 is 2.22 bits per heavy atom. The topological polar surface area (TPSA) is 64.6 Å². The summed E-state index contributed by atoms with van der Waals surface area (Å²) in [6.07, 6.45) is 3.87. The van der Waals surface area contributed by atoms with Gasteiger partial charge >= 0.3 is 5.97 Å². The first-order valence-corrected chi connectivity index (χ1v) is 8.43. The maximum absolute atomic E-state index is 12.7. The van der Waals surface area contributed by atoms with Crippen molar-refractivity contribution in [2.75, 3.05) is 6.61 Å². The van der Waals surface area contributed by atoms with Crippen LogP contribution in [-0.2, 0) is 14.3 Å². The SMILES string of the molecule is CCOC(=O)[C@H]1C(=O)N[C@]23CCCC[C@@H]2[C@H]1c1ccccc1O3.